The molecule has 2 N–H and O–H groups in total. The monoisotopic (exact) mass is 277 g/mol. The van der Waals surface area contributed by atoms with Gasteiger partial charge in [0.15, 0.2) is 5.78 Å². The second-order valence-electron chi connectivity index (χ2n) is 4.40. The number of nitrogen functional groups attached to an aromatic ring is 1. The molecule has 0 radical (unpaired) electrons. The minimum atomic E-state index is -0.306. The fourth-order valence-corrected chi connectivity index (χ4v) is 2.09. The Kier molecular flexibility index (Phi) is 3.86. The van der Waals surface area contributed by atoms with Crippen LogP contribution in [0.2, 0.25) is 5.02 Å². The lowest BCUT2D eigenvalue weighted by Gasteiger charge is -2.07. The van der Waals surface area contributed by atoms with Crippen LogP contribution in [0.5, 0.6) is 0 Å². The number of anilines is 1. The van der Waals surface area contributed by atoms with E-state index in [2.05, 4.69) is 0 Å². The maximum Gasteiger partial charge on any atom is 0.169 e. The molecule has 0 atom stereocenters. The first-order chi connectivity index (χ1) is 8.97. The number of carbonyl (C=O) groups excluding carboxylic acids is 1. The van der Waals surface area contributed by atoms with Crippen molar-refractivity contribution in [1.82, 2.24) is 0 Å². The molecule has 2 aromatic carbocycles. The highest BCUT2D eigenvalue weighted by atomic mass is 35.5. The number of hydrogen-bond acceptors (Lipinski definition) is 2. The molecule has 19 heavy (non-hydrogen) atoms. The van der Waals surface area contributed by atoms with Gasteiger partial charge in [0, 0.05) is 22.7 Å². The van der Waals surface area contributed by atoms with Gasteiger partial charge in [-0.1, -0.05) is 17.7 Å². The van der Waals surface area contributed by atoms with Gasteiger partial charge in [-0.3, -0.25) is 4.79 Å². The summed E-state index contributed by atoms with van der Waals surface area (Å²) in [6, 6.07) is 9.16. The minimum absolute atomic E-state index is 0.108. The van der Waals surface area contributed by atoms with Crippen LogP contribution in [0.15, 0.2) is 36.4 Å². The van der Waals surface area contributed by atoms with Gasteiger partial charge in [0.25, 0.3) is 0 Å². The van der Waals surface area contributed by atoms with Gasteiger partial charge < -0.3 is 5.73 Å². The third kappa shape index (κ3) is 3.12. The zero-order valence-corrected chi connectivity index (χ0v) is 11.2. The van der Waals surface area contributed by atoms with Crippen molar-refractivity contribution in [3.63, 3.8) is 0 Å². The molecule has 0 aliphatic carbocycles. The lowest BCUT2D eigenvalue weighted by molar-refractivity contribution is 0.0993. The first kappa shape index (κ1) is 13.6. The number of benzene rings is 2. The highest BCUT2D eigenvalue weighted by Gasteiger charge is 2.12. The lowest BCUT2D eigenvalue weighted by atomic mass is 9.98. The first-order valence-corrected chi connectivity index (χ1v) is 6.18. The zero-order valence-electron chi connectivity index (χ0n) is 10.4. The summed E-state index contributed by atoms with van der Waals surface area (Å²) in [4.78, 5) is 12.2. The molecule has 2 rings (SSSR count). The molecule has 0 spiro atoms. The number of hydrogen-bond donors (Lipinski definition) is 1. The Morgan fingerprint density at radius 2 is 2.00 bits per heavy atom. The van der Waals surface area contributed by atoms with Crippen molar-refractivity contribution in [1.29, 1.82) is 0 Å². The van der Waals surface area contributed by atoms with Crippen LogP contribution < -0.4 is 5.73 Å². The molecule has 0 saturated heterocycles. The molecular weight excluding hydrogens is 265 g/mol. The predicted octanol–water partition coefficient (Wildman–Crippen LogP) is 3.80. The van der Waals surface area contributed by atoms with Crippen LogP contribution in [-0.4, -0.2) is 5.78 Å². The molecular formula is C15H13ClFNO. The van der Waals surface area contributed by atoms with Crippen LogP contribution in [0.4, 0.5) is 10.1 Å². The Labute approximate surface area is 116 Å². The molecule has 0 unspecified atom stereocenters. The van der Waals surface area contributed by atoms with E-state index < -0.39 is 0 Å². The highest BCUT2D eigenvalue weighted by Crippen LogP contribution is 2.21. The first-order valence-electron chi connectivity index (χ1n) is 5.80. The maximum absolute atomic E-state index is 13.0. The summed E-state index contributed by atoms with van der Waals surface area (Å²) in [5, 5.41) is 0.493. The van der Waals surface area contributed by atoms with Crippen LogP contribution in [0.3, 0.4) is 0 Å². The smallest absolute Gasteiger partial charge is 0.169 e. The van der Waals surface area contributed by atoms with E-state index in [1.807, 2.05) is 0 Å². The van der Waals surface area contributed by atoms with Crippen LogP contribution >= 0.6 is 11.6 Å². The fraction of sp³-hybridized carbons (Fsp3) is 0.133. The molecule has 98 valence electrons. The summed E-state index contributed by atoms with van der Waals surface area (Å²) in [7, 11) is 0. The quantitative estimate of drug-likeness (QED) is 0.685. The summed E-state index contributed by atoms with van der Waals surface area (Å²) in [5.74, 6) is -0.413. The Hall–Kier alpha value is -1.87. The molecule has 0 aromatic heterocycles. The van der Waals surface area contributed by atoms with Crippen LogP contribution in [0.1, 0.15) is 21.5 Å². The van der Waals surface area contributed by atoms with Gasteiger partial charge >= 0.3 is 0 Å². The van der Waals surface area contributed by atoms with Crippen molar-refractivity contribution in [2.45, 2.75) is 13.3 Å². The number of Topliss-reactive ketones (excluding diaryl/α,β-unsaturated/α-hetero) is 1. The number of halogens is 2. The lowest BCUT2D eigenvalue weighted by Crippen LogP contribution is -2.08. The van der Waals surface area contributed by atoms with E-state index in [1.165, 1.54) is 12.1 Å². The van der Waals surface area contributed by atoms with Gasteiger partial charge in [0.1, 0.15) is 5.82 Å². The van der Waals surface area contributed by atoms with Gasteiger partial charge in [-0.2, -0.15) is 0 Å². The fourth-order valence-electron chi connectivity index (χ4n) is 1.91. The number of rotatable bonds is 3. The Balaban J connectivity index is 2.25. The van der Waals surface area contributed by atoms with Gasteiger partial charge in [-0.15, -0.1) is 0 Å². The summed E-state index contributed by atoms with van der Waals surface area (Å²) in [6.45, 7) is 1.77. The minimum Gasteiger partial charge on any atom is -0.398 e. The molecule has 0 aliphatic heterocycles. The van der Waals surface area contributed by atoms with Gasteiger partial charge in [0.05, 0.1) is 0 Å². The molecule has 0 bridgehead atoms. The number of carbonyl (C=O) groups is 1. The zero-order chi connectivity index (χ0) is 14.0. The van der Waals surface area contributed by atoms with Crippen molar-refractivity contribution in [3.8, 4) is 0 Å². The summed E-state index contributed by atoms with van der Waals surface area (Å²) >= 11 is 5.79. The van der Waals surface area contributed by atoms with E-state index in [0.29, 0.717) is 16.3 Å². The third-order valence-electron chi connectivity index (χ3n) is 2.97. The predicted molar refractivity (Wildman–Crippen MR) is 75.0 cm³/mol. The van der Waals surface area contributed by atoms with E-state index in [4.69, 9.17) is 17.3 Å². The standard InChI is InChI=1S/C15H13ClFNO/c1-9-6-12(17)4-2-10(9)7-15(19)13-5-3-11(16)8-14(13)18/h2-6,8H,7,18H2,1H3. The molecule has 0 heterocycles. The van der Waals surface area contributed by atoms with Crippen molar-refractivity contribution >= 4 is 23.1 Å². The molecule has 2 nitrogen and oxygen atoms in total. The van der Waals surface area contributed by atoms with E-state index in [9.17, 15) is 9.18 Å². The SMILES string of the molecule is Cc1cc(F)ccc1CC(=O)c1ccc(Cl)cc1N. The molecule has 4 heteroatoms. The normalized spacial score (nSPS) is 10.5. The number of ketones is 1. The van der Waals surface area contributed by atoms with Crippen LogP contribution in [0.25, 0.3) is 0 Å². The molecule has 0 saturated carbocycles. The van der Waals surface area contributed by atoms with Crippen LogP contribution in [0, 0.1) is 12.7 Å². The van der Waals surface area contributed by atoms with E-state index >= 15 is 0 Å². The average Bonchev–Trinajstić information content (AvgIpc) is 2.32. The van der Waals surface area contributed by atoms with Crippen molar-refractivity contribution in [2.75, 3.05) is 5.73 Å². The Morgan fingerprint density at radius 1 is 1.26 bits per heavy atom. The van der Waals surface area contributed by atoms with Gasteiger partial charge in [-0.25, -0.2) is 4.39 Å². The van der Waals surface area contributed by atoms with Crippen LogP contribution in [-0.2, 0) is 6.42 Å². The maximum atomic E-state index is 13.0. The summed E-state index contributed by atoms with van der Waals surface area (Å²) < 4.78 is 13.0. The number of aryl methyl sites for hydroxylation is 1. The van der Waals surface area contributed by atoms with E-state index in [1.54, 1.807) is 31.2 Å². The van der Waals surface area contributed by atoms with E-state index in [-0.39, 0.29) is 18.0 Å². The van der Waals surface area contributed by atoms with Gasteiger partial charge in [-0.05, 0) is 48.4 Å². The second kappa shape index (κ2) is 5.41. The molecule has 0 amide bonds. The van der Waals surface area contributed by atoms with Crippen molar-refractivity contribution in [3.05, 3.63) is 63.9 Å². The third-order valence-corrected chi connectivity index (χ3v) is 3.20. The van der Waals surface area contributed by atoms with Crippen molar-refractivity contribution < 1.29 is 9.18 Å². The largest absolute Gasteiger partial charge is 0.398 e. The van der Waals surface area contributed by atoms with E-state index in [0.717, 1.165) is 11.1 Å². The average molecular weight is 278 g/mol. The van der Waals surface area contributed by atoms with Crippen molar-refractivity contribution in [2.24, 2.45) is 0 Å². The Bertz CT molecular complexity index is 640. The second-order valence-corrected chi connectivity index (χ2v) is 4.84. The molecule has 0 aliphatic rings. The highest BCUT2D eigenvalue weighted by molar-refractivity contribution is 6.31. The topological polar surface area (TPSA) is 43.1 Å². The molecule has 0 fully saturated rings. The number of nitrogens with two attached hydrogens (primary N) is 1. The van der Waals surface area contributed by atoms with Gasteiger partial charge in [0.2, 0.25) is 0 Å². The Morgan fingerprint density at radius 3 is 2.63 bits per heavy atom. The summed E-state index contributed by atoms with van der Waals surface area (Å²) in [5.41, 5.74) is 8.11. The molecule has 2 aromatic rings. The summed E-state index contributed by atoms with van der Waals surface area (Å²) in [6.07, 6.45) is 0.192.